The van der Waals surface area contributed by atoms with Crippen molar-refractivity contribution in [2.24, 2.45) is 5.92 Å². The highest BCUT2D eigenvalue weighted by Crippen LogP contribution is 2.35. The summed E-state index contributed by atoms with van der Waals surface area (Å²) in [5.74, 6) is 1.37. The molecule has 3 rings (SSSR count). The van der Waals surface area contributed by atoms with Gasteiger partial charge in [-0.25, -0.2) is 9.97 Å². The summed E-state index contributed by atoms with van der Waals surface area (Å²) in [5.41, 5.74) is 7.69. The maximum atomic E-state index is 6.04. The molecular formula is C13H17ClN4. The summed E-state index contributed by atoms with van der Waals surface area (Å²) in [4.78, 5) is 8.75. The van der Waals surface area contributed by atoms with E-state index >= 15 is 0 Å². The van der Waals surface area contributed by atoms with Crippen LogP contribution in [0.4, 0.5) is 5.95 Å². The standard InChI is InChI=1S/C13H17ClN4/c1-8-2-4-10(5-3-8)18-12-11(17-13(18)15)6-9(14)7-16-12/h6-8,10H,2-5H2,1H3,(H2,15,17). The van der Waals surface area contributed by atoms with Crippen LogP contribution in [0.15, 0.2) is 12.3 Å². The summed E-state index contributed by atoms with van der Waals surface area (Å²) >= 11 is 5.93. The van der Waals surface area contributed by atoms with Crippen LogP contribution in [0.5, 0.6) is 0 Å². The van der Waals surface area contributed by atoms with Crippen molar-refractivity contribution >= 4 is 28.7 Å². The van der Waals surface area contributed by atoms with Crippen LogP contribution in [-0.2, 0) is 0 Å². The fourth-order valence-electron chi connectivity index (χ4n) is 2.84. The fraction of sp³-hybridized carbons (Fsp3) is 0.538. The molecule has 0 bridgehead atoms. The monoisotopic (exact) mass is 264 g/mol. The molecule has 4 nitrogen and oxygen atoms in total. The Labute approximate surface area is 111 Å². The number of hydrogen-bond donors (Lipinski definition) is 1. The van der Waals surface area contributed by atoms with Crippen molar-refractivity contribution in [3.63, 3.8) is 0 Å². The van der Waals surface area contributed by atoms with E-state index in [0.717, 1.165) is 29.9 Å². The van der Waals surface area contributed by atoms with Crippen molar-refractivity contribution in [2.75, 3.05) is 5.73 Å². The lowest BCUT2D eigenvalue weighted by atomic mass is 9.87. The van der Waals surface area contributed by atoms with E-state index in [0.29, 0.717) is 17.0 Å². The third kappa shape index (κ3) is 1.94. The smallest absolute Gasteiger partial charge is 0.202 e. The molecule has 5 heteroatoms. The first-order valence-electron chi connectivity index (χ1n) is 6.44. The zero-order valence-corrected chi connectivity index (χ0v) is 11.2. The minimum Gasteiger partial charge on any atom is -0.369 e. The quantitative estimate of drug-likeness (QED) is 0.859. The highest BCUT2D eigenvalue weighted by atomic mass is 35.5. The van der Waals surface area contributed by atoms with Crippen molar-refractivity contribution < 1.29 is 0 Å². The second kappa shape index (κ2) is 4.43. The van der Waals surface area contributed by atoms with Gasteiger partial charge in [0.05, 0.1) is 5.02 Å². The maximum Gasteiger partial charge on any atom is 0.202 e. The van der Waals surface area contributed by atoms with Crippen molar-refractivity contribution in [3.05, 3.63) is 17.3 Å². The molecule has 1 aliphatic carbocycles. The topological polar surface area (TPSA) is 56.7 Å². The summed E-state index contributed by atoms with van der Waals surface area (Å²) < 4.78 is 2.08. The Morgan fingerprint density at radius 3 is 2.78 bits per heavy atom. The molecule has 0 saturated heterocycles. The normalized spacial score (nSPS) is 24.6. The van der Waals surface area contributed by atoms with E-state index < -0.39 is 0 Å². The molecule has 0 aromatic carbocycles. The lowest BCUT2D eigenvalue weighted by Crippen LogP contribution is -2.18. The van der Waals surface area contributed by atoms with Crippen LogP contribution in [-0.4, -0.2) is 14.5 Å². The summed E-state index contributed by atoms with van der Waals surface area (Å²) in [6.45, 7) is 2.31. The summed E-state index contributed by atoms with van der Waals surface area (Å²) in [6.07, 6.45) is 6.46. The van der Waals surface area contributed by atoms with Crippen LogP contribution in [0.3, 0.4) is 0 Å². The molecule has 18 heavy (non-hydrogen) atoms. The van der Waals surface area contributed by atoms with Crippen LogP contribution in [0, 0.1) is 5.92 Å². The molecule has 1 saturated carbocycles. The average molecular weight is 265 g/mol. The lowest BCUT2D eigenvalue weighted by molar-refractivity contribution is 0.295. The first kappa shape index (κ1) is 11.8. The molecule has 0 atom stereocenters. The van der Waals surface area contributed by atoms with Crippen LogP contribution in [0.25, 0.3) is 11.2 Å². The van der Waals surface area contributed by atoms with E-state index in [2.05, 4.69) is 21.5 Å². The Morgan fingerprint density at radius 2 is 2.06 bits per heavy atom. The third-order valence-corrected chi connectivity index (χ3v) is 4.08. The van der Waals surface area contributed by atoms with Crippen molar-refractivity contribution in [1.82, 2.24) is 14.5 Å². The molecule has 2 heterocycles. The molecule has 2 aromatic rings. The van der Waals surface area contributed by atoms with Gasteiger partial charge in [0.1, 0.15) is 5.52 Å². The number of hydrogen-bond acceptors (Lipinski definition) is 3. The number of rotatable bonds is 1. The molecule has 2 N–H and O–H groups in total. The van der Waals surface area contributed by atoms with Crippen LogP contribution < -0.4 is 5.73 Å². The van der Waals surface area contributed by atoms with Crippen molar-refractivity contribution in [2.45, 2.75) is 38.6 Å². The zero-order chi connectivity index (χ0) is 12.7. The van der Waals surface area contributed by atoms with Crippen LogP contribution in [0.2, 0.25) is 5.02 Å². The number of nitrogen functional groups attached to an aromatic ring is 1. The van der Waals surface area contributed by atoms with Crippen LogP contribution in [0.1, 0.15) is 38.6 Å². The van der Waals surface area contributed by atoms with Gasteiger partial charge in [-0.05, 0) is 37.7 Å². The SMILES string of the molecule is CC1CCC(n2c(N)nc3cc(Cl)cnc32)CC1. The van der Waals surface area contributed by atoms with Gasteiger partial charge < -0.3 is 5.73 Å². The van der Waals surface area contributed by atoms with Crippen molar-refractivity contribution in [1.29, 1.82) is 0 Å². The molecule has 1 fully saturated rings. The summed E-state index contributed by atoms with van der Waals surface area (Å²) in [5, 5.41) is 0.601. The van der Waals surface area contributed by atoms with Crippen molar-refractivity contribution in [3.8, 4) is 0 Å². The first-order chi connectivity index (χ1) is 8.65. The lowest BCUT2D eigenvalue weighted by Gasteiger charge is -2.27. The number of nitrogens with two attached hydrogens (primary N) is 1. The Kier molecular flexibility index (Phi) is 2.90. The number of imidazole rings is 1. The Balaban J connectivity index is 2.03. The van der Waals surface area contributed by atoms with E-state index in [4.69, 9.17) is 17.3 Å². The third-order valence-electron chi connectivity index (χ3n) is 3.87. The molecule has 1 aliphatic rings. The Morgan fingerprint density at radius 1 is 1.33 bits per heavy atom. The van der Waals surface area contributed by atoms with Gasteiger partial charge in [-0.2, -0.15) is 0 Å². The Bertz CT molecular complexity index is 570. The molecule has 96 valence electrons. The number of halogens is 1. The van der Waals surface area contributed by atoms with Crippen LogP contribution >= 0.6 is 11.6 Å². The molecule has 0 unspecified atom stereocenters. The Hall–Kier alpha value is -1.29. The number of nitrogens with zero attached hydrogens (tertiary/aromatic N) is 3. The number of pyridine rings is 1. The molecule has 0 amide bonds. The second-order valence-electron chi connectivity index (χ2n) is 5.25. The first-order valence-corrected chi connectivity index (χ1v) is 6.82. The van der Waals surface area contributed by atoms with E-state index in [1.54, 1.807) is 6.20 Å². The number of anilines is 1. The second-order valence-corrected chi connectivity index (χ2v) is 5.69. The highest BCUT2D eigenvalue weighted by molar-refractivity contribution is 6.31. The minimum absolute atomic E-state index is 0.430. The molecule has 2 aromatic heterocycles. The van der Waals surface area contributed by atoms with Gasteiger partial charge in [0.15, 0.2) is 5.65 Å². The van der Waals surface area contributed by atoms with E-state index in [1.165, 1.54) is 12.8 Å². The largest absolute Gasteiger partial charge is 0.369 e. The van der Waals surface area contributed by atoms with Gasteiger partial charge in [0, 0.05) is 12.2 Å². The zero-order valence-electron chi connectivity index (χ0n) is 10.4. The van der Waals surface area contributed by atoms with Gasteiger partial charge in [-0.3, -0.25) is 4.57 Å². The fourth-order valence-corrected chi connectivity index (χ4v) is 2.99. The van der Waals surface area contributed by atoms with E-state index in [9.17, 15) is 0 Å². The molecule has 0 spiro atoms. The van der Waals surface area contributed by atoms with E-state index in [1.807, 2.05) is 6.07 Å². The van der Waals surface area contributed by atoms with Gasteiger partial charge in [-0.1, -0.05) is 18.5 Å². The maximum absolute atomic E-state index is 6.04. The number of fused-ring (bicyclic) bond motifs is 1. The summed E-state index contributed by atoms with van der Waals surface area (Å²) in [6, 6.07) is 2.25. The predicted molar refractivity (Wildman–Crippen MR) is 73.6 cm³/mol. The minimum atomic E-state index is 0.430. The highest BCUT2D eigenvalue weighted by Gasteiger charge is 2.23. The van der Waals surface area contributed by atoms with Gasteiger partial charge in [0.25, 0.3) is 0 Å². The average Bonchev–Trinajstić information content (AvgIpc) is 2.65. The van der Waals surface area contributed by atoms with Gasteiger partial charge >= 0.3 is 0 Å². The number of aromatic nitrogens is 3. The molecular weight excluding hydrogens is 248 g/mol. The van der Waals surface area contributed by atoms with Gasteiger partial charge in [-0.15, -0.1) is 0 Å². The summed E-state index contributed by atoms with van der Waals surface area (Å²) in [7, 11) is 0. The molecule has 0 aliphatic heterocycles. The van der Waals surface area contributed by atoms with E-state index in [-0.39, 0.29) is 0 Å². The predicted octanol–water partition coefficient (Wildman–Crippen LogP) is 3.42. The molecule has 0 radical (unpaired) electrons. The van der Waals surface area contributed by atoms with Gasteiger partial charge in [0.2, 0.25) is 5.95 Å².